The van der Waals surface area contributed by atoms with E-state index in [4.69, 9.17) is 23.7 Å². The number of hydrogen-bond donors (Lipinski definition) is 0. The van der Waals surface area contributed by atoms with Gasteiger partial charge in [-0.05, 0) is 0 Å². The van der Waals surface area contributed by atoms with Gasteiger partial charge >= 0.3 is 194 Å². The molecule has 0 N–H and O–H groups in total. The summed E-state index contributed by atoms with van der Waals surface area (Å²) < 4.78 is 29.4. The predicted octanol–water partition coefficient (Wildman–Crippen LogP) is 0.314. The number of rotatable bonds is 6. The molecule has 1 aromatic heterocycles. The molecule has 1 aromatic carbocycles. The summed E-state index contributed by atoms with van der Waals surface area (Å²) in [6.45, 7) is 4.29. The zero-order valence-electron chi connectivity index (χ0n) is 18.3. The Morgan fingerprint density at radius 1 is 0.909 bits per heavy atom. The van der Waals surface area contributed by atoms with Crippen LogP contribution in [0.4, 0.5) is 0 Å². The topological polar surface area (TPSA) is 136 Å². The maximum absolute atomic E-state index is 13.2. The number of carbonyl (C=O) groups is 4. The summed E-state index contributed by atoms with van der Waals surface area (Å²) >= 11 is -0.567. The van der Waals surface area contributed by atoms with E-state index in [0.717, 1.165) is 25.0 Å². The summed E-state index contributed by atoms with van der Waals surface area (Å²) in [6, 6.07) is 5.86. The van der Waals surface area contributed by atoms with Crippen LogP contribution in [0.25, 0.3) is 9.65 Å². The van der Waals surface area contributed by atoms with Crippen molar-refractivity contribution in [3.8, 4) is 0 Å². The monoisotopic (exact) mass is 529 g/mol. The van der Waals surface area contributed by atoms with E-state index in [1.54, 1.807) is 24.3 Å². The molecule has 5 atom stereocenters. The molecule has 33 heavy (non-hydrogen) atoms. The van der Waals surface area contributed by atoms with E-state index >= 15 is 0 Å². The van der Waals surface area contributed by atoms with E-state index in [1.807, 2.05) is 0 Å². The molecular formula is C21H23NO10Se. The normalized spacial score (nSPS) is 24.7. The molecule has 12 heteroatoms. The van der Waals surface area contributed by atoms with Gasteiger partial charge in [0.2, 0.25) is 0 Å². The number of esters is 4. The third-order valence-electron chi connectivity index (χ3n) is 4.74. The Hall–Kier alpha value is -2.95. The molecule has 0 saturated carbocycles. The first-order chi connectivity index (χ1) is 15.6. The van der Waals surface area contributed by atoms with Gasteiger partial charge in [0.25, 0.3) is 0 Å². The van der Waals surface area contributed by atoms with Crippen molar-refractivity contribution in [2.75, 3.05) is 6.61 Å². The molecule has 0 bridgehead atoms. The van der Waals surface area contributed by atoms with Gasteiger partial charge in [-0.2, -0.15) is 0 Å². The van der Waals surface area contributed by atoms with Gasteiger partial charge in [0, 0.05) is 0 Å². The van der Waals surface area contributed by atoms with Crippen molar-refractivity contribution in [1.29, 1.82) is 0 Å². The van der Waals surface area contributed by atoms with E-state index in [9.17, 15) is 24.0 Å². The fourth-order valence-corrected chi connectivity index (χ4v) is 5.94. The van der Waals surface area contributed by atoms with Crippen molar-refractivity contribution in [3.05, 3.63) is 34.6 Å². The summed E-state index contributed by atoms with van der Waals surface area (Å²) in [7, 11) is 0. The van der Waals surface area contributed by atoms with E-state index in [-0.39, 0.29) is 12.2 Å². The minimum atomic E-state index is -1.38. The van der Waals surface area contributed by atoms with Gasteiger partial charge < -0.3 is 0 Å². The predicted molar refractivity (Wildman–Crippen MR) is 112 cm³/mol. The molecule has 1 aliphatic heterocycles. The van der Waals surface area contributed by atoms with E-state index in [2.05, 4.69) is 0 Å². The van der Waals surface area contributed by atoms with Crippen molar-refractivity contribution in [3.63, 3.8) is 0 Å². The van der Waals surface area contributed by atoms with E-state index < -0.39 is 69.3 Å². The Balaban J connectivity index is 2.16. The molecule has 2 heterocycles. The molecule has 1 unspecified atom stereocenters. The fourth-order valence-electron chi connectivity index (χ4n) is 3.58. The number of hydrogen-bond acceptors (Lipinski definition) is 10. The Kier molecular flexibility index (Phi) is 7.72. The zero-order chi connectivity index (χ0) is 24.3. The minimum absolute atomic E-state index is 0.366. The van der Waals surface area contributed by atoms with Crippen LogP contribution < -0.4 is 5.56 Å². The van der Waals surface area contributed by atoms with E-state index in [0.29, 0.717) is 5.39 Å². The van der Waals surface area contributed by atoms with Crippen LogP contribution in [0, 0.1) is 0 Å². The maximum atomic E-state index is 13.2. The van der Waals surface area contributed by atoms with Crippen LogP contribution in [-0.4, -0.2) is 73.4 Å². The number of carbonyl (C=O) groups excluding carboxylic acids is 4. The molecule has 1 aliphatic rings. The van der Waals surface area contributed by atoms with Crippen molar-refractivity contribution in [2.24, 2.45) is 0 Å². The number of fused-ring (bicyclic) bond motifs is 1. The SMILES string of the molecule is CC(=O)OC[C@H]1OC(OC(C)=O)[C@H](n2[se]c3ccccc3c2=O)[C@@H](OC(C)=O)[C@@H]1OC(C)=O. The quantitative estimate of drug-likeness (QED) is 0.293. The number of ether oxygens (including phenoxy) is 5. The average molecular weight is 528 g/mol. The zero-order valence-corrected chi connectivity index (χ0v) is 20.1. The third kappa shape index (κ3) is 5.70. The first-order valence-electron chi connectivity index (χ1n) is 9.99. The second kappa shape index (κ2) is 10.3. The first kappa shape index (κ1) is 24.7. The second-order valence-corrected chi connectivity index (χ2v) is 9.44. The fraction of sp³-hybridized carbons (Fsp3) is 0.476. The molecule has 2 aromatic rings. The van der Waals surface area contributed by atoms with Crippen molar-refractivity contribution in [1.82, 2.24) is 3.56 Å². The number of nitrogens with zero attached hydrogens (tertiary/aromatic N) is 1. The Morgan fingerprint density at radius 2 is 1.52 bits per heavy atom. The van der Waals surface area contributed by atoms with Crippen LogP contribution in [0.2, 0.25) is 0 Å². The average Bonchev–Trinajstić information content (AvgIpc) is 3.04. The molecule has 0 amide bonds. The molecule has 1 saturated heterocycles. The van der Waals surface area contributed by atoms with Crippen molar-refractivity contribution in [2.45, 2.75) is 58.3 Å². The number of aromatic nitrogens is 1. The van der Waals surface area contributed by atoms with Gasteiger partial charge in [0.15, 0.2) is 0 Å². The summed E-state index contributed by atoms with van der Waals surface area (Å²) in [5, 5.41) is 0.465. The molecule has 1 fully saturated rings. The molecular weight excluding hydrogens is 505 g/mol. The van der Waals surface area contributed by atoms with Gasteiger partial charge in [-0.1, -0.05) is 0 Å². The van der Waals surface area contributed by atoms with Gasteiger partial charge in [-0.15, -0.1) is 0 Å². The van der Waals surface area contributed by atoms with Crippen LogP contribution >= 0.6 is 0 Å². The Morgan fingerprint density at radius 3 is 2.09 bits per heavy atom. The van der Waals surface area contributed by atoms with Gasteiger partial charge in [-0.25, -0.2) is 0 Å². The molecule has 0 spiro atoms. The van der Waals surface area contributed by atoms with Gasteiger partial charge in [0.05, 0.1) is 0 Å². The Bertz CT molecular complexity index is 1120. The van der Waals surface area contributed by atoms with Crippen LogP contribution in [0.15, 0.2) is 29.1 Å². The summed E-state index contributed by atoms with van der Waals surface area (Å²) in [4.78, 5) is 60.3. The van der Waals surface area contributed by atoms with Crippen LogP contribution in [0.1, 0.15) is 33.7 Å². The molecule has 3 rings (SSSR count). The van der Waals surface area contributed by atoms with Crippen LogP contribution in [0.5, 0.6) is 0 Å². The molecule has 0 radical (unpaired) electrons. The standard InChI is InChI=1S/C21H23NO10Se/c1-10(23)28-9-15-18(29-11(2)24)19(30-12(3)25)17(21(32-15)31-13(4)26)22-20(27)14-7-5-6-8-16(14)33-22/h5-8,15,17-19,21H,9H2,1-4H3/t15-,17-,18-,19-,21?/m1/s1. The van der Waals surface area contributed by atoms with Crippen molar-refractivity contribution >= 4 is 48.3 Å². The Labute approximate surface area is 194 Å². The first-order valence-corrected chi connectivity index (χ1v) is 11.6. The summed E-state index contributed by atoms with van der Waals surface area (Å²) in [5.41, 5.74) is -0.367. The van der Waals surface area contributed by atoms with Crippen molar-refractivity contribution < 1.29 is 42.9 Å². The molecule has 11 nitrogen and oxygen atoms in total. The third-order valence-corrected chi connectivity index (χ3v) is 7.17. The summed E-state index contributed by atoms with van der Waals surface area (Å²) in [6.07, 6.45) is -5.00. The molecule has 178 valence electrons. The van der Waals surface area contributed by atoms with E-state index in [1.165, 1.54) is 10.5 Å². The van der Waals surface area contributed by atoms with Gasteiger partial charge in [-0.3, -0.25) is 0 Å². The van der Waals surface area contributed by atoms with Crippen LogP contribution in [0.3, 0.4) is 0 Å². The van der Waals surface area contributed by atoms with Gasteiger partial charge in [0.1, 0.15) is 0 Å². The molecule has 0 aliphatic carbocycles. The summed E-state index contributed by atoms with van der Waals surface area (Å²) in [5.74, 6) is -2.75. The number of benzene rings is 1. The second-order valence-electron chi connectivity index (χ2n) is 7.31. The van der Waals surface area contributed by atoms with Crippen LogP contribution in [-0.2, 0) is 42.9 Å².